The molecule has 1 N–H and O–H groups in total. The second kappa shape index (κ2) is 8.13. The van der Waals surface area contributed by atoms with Crippen molar-refractivity contribution in [1.29, 1.82) is 0 Å². The summed E-state index contributed by atoms with van der Waals surface area (Å²) in [6, 6.07) is 19.3. The number of aryl methyl sites for hydroxylation is 1. The molecule has 1 amide bonds. The molecule has 3 heterocycles. The molecule has 0 saturated carbocycles. The van der Waals surface area contributed by atoms with E-state index in [0.717, 1.165) is 27.6 Å². The Morgan fingerprint density at radius 1 is 0.886 bits per heavy atom. The van der Waals surface area contributed by atoms with Gasteiger partial charge in [-0.2, -0.15) is 0 Å². The first-order valence-corrected chi connectivity index (χ1v) is 11.3. The number of aromatic nitrogens is 3. The van der Waals surface area contributed by atoms with Gasteiger partial charge in [0, 0.05) is 40.1 Å². The highest BCUT2D eigenvalue weighted by Crippen LogP contribution is 2.41. The van der Waals surface area contributed by atoms with E-state index in [1.807, 2.05) is 54.6 Å². The highest BCUT2D eigenvalue weighted by molar-refractivity contribution is 6.01. The quantitative estimate of drug-likeness (QED) is 0.361. The molecule has 35 heavy (non-hydrogen) atoms. The van der Waals surface area contributed by atoms with Crippen molar-refractivity contribution in [2.75, 3.05) is 4.90 Å². The first-order valence-electron chi connectivity index (χ1n) is 11.3. The number of fused-ring (bicyclic) bond motifs is 3. The number of carbonyl (C=O) groups excluding carboxylic acids is 1. The smallest absolute Gasteiger partial charge is 0.234 e. The van der Waals surface area contributed by atoms with E-state index in [1.54, 1.807) is 12.4 Å². The SMILES string of the molecule is Cc1ccc(C2c3[nH]c4ccccc4c3CC(=O)N2c2ncc(-c3ccccc3)cn2)c(F)c1F. The van der Waals surface area contributed by atoms with E-state index in [-0.39, 0.29) is 29.4 Å². The third kappa shape index (κ3) is 3.39. The predicted molar refractivity (Wildman–Crippen MR) is 130 cm³/mol. The van der Waals surface area contributed by atoms with Crippen LogP contribution in [0, 0.1) is 18.6 Å². The molecule has 2 aromatic heterocycles. The number of rotatable bonds is 3. The highest BCUT2D eigenvalue weighted by Gasteiger charge is 2.40. The van der Waals surface area contributed by atoms with E-state index in [2.05, 4.69) is 15.0 Å². The number of aromatic amines is 1. The normalized spacial score (nSPS) is 15.5. The van der Waals surface area contributed by atoms with Crippen LogP contribution in [0.3, 0.4) is 0 Å². The number of anilines is 1. The van der Waals surface area contributed by atoms with Crippen LogP contribution in [0.4, 0.5) is 14.7 Å². The molecule has 7 heteroatoms. The van der Waals surface area contributed by atoms with Crippen LogP contribution >= 0.6 is 0 Å². The van der Waals surface area contributed by atoms with E-state index in [4.69, 9.17) is 0 Å². The van der Waals surface area contributed by atoms with Crippen LogP contribution in [0.5, 0.6) is 0 Å². The van der Waals surface area contributed by atoms with Gasteiger partial charge in [-0.25, -0.2) is 18.7 Å². The van der Waals surface area contributed by atoms with Crippen LogP contribution in [0.1, 0.15) is 28.4 Å². The minimum Gasteiger partial charge on any atom is -0.356 e. The number of para-hydroxylation sites is 1. The number of carbonyl (C=O) groups is 1. The van der Waals surface area contributed by atoms with Crippen molar-refractivity contribution in [2.45, 2.75) is 19.4 Å². The third-order valence-corrected chi connectivity index (χ3v) is 6.54. The first-order chi connectivity index (χ1) is 17.0. The van der Waals surface area contributed by atoms with Gasteiger partial charge >= 0.3 is 0 Å². The van der Waals surface area contributed by atoms with Gasteiger partial charge in [0.2, 0.25) is 11.9 Å². The average molecular weight is 466 g/mol. The molecule has 1 aliphatic heterocycles. The largest absolute Gasteiger partial charge is 0.356 e. The molecule has 0 fully saturated rings. The van der Waals surface area contributed by atoms with Crippen LogP contribution < -0.4 is 4.90 Å². The van der Waals surface area contributed by atoms with Crippen LogP contribution in [0.15, 0.2) is 79.1 Å². The molecule has 1 aliphatic rings. The van der Waals surface area contributed by atoms with E-state index in [0.29, 0.717) is 5.69 Å². The van der Waals surface area contributed by atoms with Crippen molar-refractivity contribution >= 4 is 22.8 Å². The number of halogens is 2. The molecule has 0 spiro atoms. The summed E-state index contributed by atoms with van der Waals surface area (Å²) in [6.07, 6.45) is 3.36. The molecular formula is C28H20F2N4O. The van der Waals surface area contributed by atoms with Crippen LogP contribution in [0.25, 0.3) is 22.0 Å². The van der Waals surface area contributed by atoms with Crippen molar-refractivity contribution in [2.24, 2.45) is 0 Å². The van der Waals surface area contributed by atoms with Gasteiger partial charge in [0.25, 0.3) is 0 Å². The molecule has 0 saturated heterocycles. The highest BCUT2D eigenvalue weighted by atomic mass is 19.2. The van der Waals surface area contributed by atoms with Crippen LogP contribution in [-0.2, 0) is 11.2 Å². The number of nitrogens with zero attached hydrogens (tertiary/aromatic N) is 3. The summed E-state index contributed by atoms with van der Waals surface area (Å²) in [6.45, 7) is 1.51. The third-order valence-electron chi connectivity index (χ3n) is 6.54. The zero-order valence-corrected chi connectivity index (χ0v) is 18.8. The summed E-state index contributed by atoms with van der Waals surface area (Å²) < 4.78 is 30.0. The molecule has 0 bridgehead atoms. The van der Waals surface area contributed by atoms with Gasteiger partial charge in [-0.1, -0.05) is 60.7 Å². The summed E-state index contributed by atoms with van der Waals surface area (Å²) in [5.74, 6) is -2.08. The zero-order valence-electron chi connectivity index (χ0n) is 18.8. The van der Waals surface area contributed by atoms with Gasteiger partial charge in [0.15, 0.2) is 11.6 Å². The van der Waals surface area contributed by atoms with Gasteiger partial charge in [-0.3, -0.25) is 9.69 Å². The summed E-state index contributed by atoms with van der Waals surface area (Å²) in [5, 5.41) is 0.883. The Morgan fingerprint density at radius 2 is 1.60 bits per heavy atom. The first kappa shape index (κ1) is 21.2. The molecule has 3 aromatic carbocycles. The zero-order chi connectivity index (χ0) is 24.1. The summed E-state index contributed by atoms with van der Waals surface area (Å²) >= 11 is 0. The fraction of sp³-hybridized carbons (Fsp3) is 0.107. The maximum absolute atomic E-state index is 15.3. The second-order valence-corrected chi connectivity index (χ2v) is 8.64. The maximum Gasteiger partial charge on any atom is 0.234 e. The monoisotopic (exact) mass is 466 g/mol. The lowest BCUT2D eigenvalue weighted by molar-refractivity contribution is -0.118. The number of hydrogen-bond acceptors (Lipinski definition) is 3. The lowest BCUT2D eigenvalue weighted by atomic mass is 9.91. The van der Waals surface area contributed by atoms with Crippen molar-refractivity contribution in [1.82, 2.24) is 15.0 Å². The lowest BCUT2D eigenvalue weighted by Gasteiger charge is -2.34. The minimum atomic E-state index is -0.986. The number of nitrogens with one attached hydrogen (secondary N) is 1. The Labute approximate surface area is 200 Å². The van der Waals surface area contributed by atoms with E-state index in [9.17, 15) is 9.18 Å². The van der Waals surface area contributed by atoms with E-state index < -0.39 is 17.7 Å². The number of amides is 1. The van der Waals surface area contributed by atoms with Gasteiger partial charge in [0.05, 0.1) is 6.42 Å². The Kier molecular flexibility index (Phi) is 4.91. The molecule has 0 radical (unpaired) electrons. The summed E-state index contributed by atoms with van der Waals surface area (Å²) in [5.41, 5.74) is 4.19. The Morgan fingerprint density at radius 3 is 2.37 bits per heavy atom. The molecule has 6 rings (SSSR count). The lowest BCUT2D eigenvalue weighted by Crippen LogP contribution is -2.42. The van der Waals surface area contributed by atoms with Gasteiger partial charge in [-0.05, 0) is 29.7 Å². The topological polar surface area (TPSA) is 61.9 Å². The number of hydrogen-bond donors (Lipinski definition) is 1. The molecule has 5 aromatic rings. The second-order valence-electron chi connectivity index (χ2n) is 8.64. The summed E-state index contributed by atoms with van der Waals surface area (Å²) in [4.78, 5) is 27.2. The minimum absolute atomic E-state index is 0.0460. The Hall–Kier alpha value is -4.39. The Balaban J connectivity index is 1.54. The summed E-state index contributed by atoms with van der Waals surface area (Å²) in [7, 11) is 0. The van der Waals surface area contributed by atoms with Gasteiger partial charge in [0.1, 0.15) is 6.04 Å². The fourth-order valence-corrected chi connectivity index (χ4v) is 4.77. The van der Waals surface area contributed by atoms with Crippen LogP contribution in [-0.4, -0.2) is 20.9 Å². The molecule has 172 valence electrons. The predicted octanol–water partition coefficient (Wildman–Crippen LogP) is 5.89. The fourth-order valence-electron chi connectivity index (χ4n) is 4.77. The maximum atomic E-state index is 15.3. The molecule has 5 nitrogen and oxygen atoms in total. The van der Waals surface area contributed by atoms with Crippen molar-refractivity contribution < 1.29 is 13.6 Å². The standard InChI is InChI=1S/C28H20F2N4O/c1-16-11-12-20(25(30)24(16)29)27-26-21(19-9-5-6-10-22(19)33-26)13-23(35)34(27)28-31-14-18(15-32-28)17-7-3-2-4-8-17/h2-12,14-15,27,33H,13H2,1H3. The number of H-pyrrole nitrogens is 1. The Bertz CT molecular complexity index is 1580. The van der Waals surface area contributed by atoms with E-state index in [1.165, 1.54) is 24.0 Å². The van der Waals surface area contributed by atoms with Crippen molar-refractivity contribution in [3.8, 4) is 11.1 Å². The van der Waals surface area contributed by atoms with Crippen molar-refractivity contribution in [3.63, 3.8) is 0 Å². The van der Waals surface area contributed by atoms with Gasteiger partial charge in [-0.15, -0.1) is 0 Å². The average Bonchev–Trinajstić information content (AvgIpc) is 3.26. The molecular weight excluding hydrogens is 446 g/mol. The molecule has 1 unspecified atom stereocenters. The van der Waals surface area contributed by atoms with E-state index >= 15 is 4.39 Å². The van der Waals surface area contributed by atoms with Gasteiger partial charge < -0.3 is 4.98 Å². The number of benzene rings is 3. The molecule has 1 atom stereocenters. The van der Waals surface area contributed by atoms with Crippen molar-refractivity contribution in [3.05, 3.63) is 113 Å². The van der Waals surface area contributed by atoms with Crippen LogP contribution in [0.2, 0.25) is 0 Å². The molecule has 0 aliphatic carbocycles.